The van der Waals surface area contributed by atoms with Crippen LogP contribution in [0.15, 0.2) is 18.2 Å². The summed E-state index contributed by atoms with van der Waals surface area (Å²) in [5.74, 6) is -0.196. The zero-order valence-corrected chi connectivity index (χ0v) is 11.4. The lowest BCUT2D eigenvalue weighted by atomic mass is 10.1. The highest BCUT2D eigenvalue weighted by molar-refractivity contribution is 5.95. The largest absolute Gasteiger partial charge is 0.490 e. The van der Waals surface area contributed by atoms with Crippen molar-refractivity contribution in [2.24, 2.45) is 5.73 Å². The Morgan fingerprint density at radius 2 is 2.15 bits per heavy atom. The molecule has 0 heterocycles. The lowest BCUT2D eigenvalue weighted by Crippen LogP contribution is -2.24. The number of nitrogens with zero attached hydrogens (tertiary/aromatic N) is 1. The number of unbranched alkanes of at least 4 members (excludes halogenated alkanes) is 2. The Labute approximate surface area is 117 Å². The van der Waals surface area contributed by atoms with Crippen molar-refractivity contribution in [3.05, 3.63) is 33.9 Å². The number of amides is 1. The van der Waals surface area contributed by atoms with Crippen molar-refractivity contribution in [3.63, 3.8) is 0 Å². The predicted octanol–water partition coefficient (Wildman–Crippen LogP) is 1.46. The minimum absolute atomic E-state index is 0.134. The molecular weight excluding hydrogens is 262 g/mol. The van der Waals surface area contributed by atoms with Gasteiger partial charge >= 0.3 is 5.69 Å². The molecule has 0 fully saturated rings. The second-order valence-electron chi connectivity index (χ2n) is 4.25. The molecule has 110 valence electrons. The molecule has 0 saturated heterocycles. The first-order chi connectivity index (χ1) is 9.60. The van der Waals surface area contributed by atoms with Crippen LogP contribution in [0.3, 0.4) is 0 Å². The number of nitrogens with two attached hydrogens (primary N) is 1. The zero-order chi connectivity index (χ0) is 15.0. The molecule has 3 N–H and O–H groups in total. The van der Waals surface area contributed by atoms with Gasteiger partial charge in [-0.1, -0.05) is 6.42 Å². The predicted molar refractivity (Wildman–Crippen MR) is 74.9 cm³/mol. The van der Waals surface area contributed by atoms with E-state index >= 15 is 0 Å². The van der Waals surface area contributed by atoms with Crippen molar-refractivity contribution in [1.82, 2.24) is 5.32 Å². The standard InChI is InChI=1S/C13H19N3O4/c1-20-12-6-5-10(9-11(12)16(18)19)13(17)15-8-4-2-3-7-14/h5-6,9H,2-4,7-8,14H2,1H3,(H,15,17). The normalized spacial score (nSPS) is 10.1. The fourth-order valence-electron chi connectivity index (χ4n) is 1.72. The van der Waals surface area contributed by atoms with Crippen molar-refractivity contribution in [2.45, 2.75) is 19.3 Å². The van der Waals surface area contributed by atoms with Crippen LogP contribution in [-0.4, -0.2) is 31.0 Å². The summed E-state index contributed by atoms with van der Waals surface area (Å²) in [7, 11) is 1.35. The van der Waals surface area contributed by atoms with Crippen LogP contribution < -0.4 is 15.8 Å². The topological polar surface area (TPSA) is 107 Å². The van der Waals surface area contributed by atoms with E-state index in [0.717, 1.165) is 19.3 Å². The molecule has 0 unspecified atom stereocenters. The van der Waals surface area contributed by atoms with Crippen molar-refractivity contribution in [1.29, 1.82) is 0 Å². The van der Waals surface area contributed by atoms with E-state index in [1.807, 2.05) is 0 Å². The lowest BCUT2D eigenvalue weighted by molar-refractivity contribution is -0.385. The molecular formula is C13H19N3O4. The van der Waals surface area contributed by atoms with Gasteiger partial charge in [0.05, 0.1) is 12.0 Å². The SMILES string of the molecule is COc1ccc(C(=O)NCCCCCN)cc1[N+](=O)[O-]. The van der Waals surface area contributed by atoms with Crippen LogP contribution >= 0.6 is 0 Å². The molecule has 0 radical (unpaired) electrons. The molecule has 7 nitrogen and oxygen atoms in total. The molecule has 0 aliphatic carbocycles. The third-order valence-electron chi connectivity index (χ3n) is 2.80. The number of rotatable bonds is 8. The van der Waals surface area contributed by atoms with Crippen LogP contribution in [0, 0.1) is 10.1 Å². The average molecular weight is 281 g/mol. The highest BCUT2D eigenvalue weighted by Gasteiger charge is 2.17. The van der Waals surface area contributed by atoms with Crippen molar-refractivity contribution >= 4 is 11.6 Å². The molecule has 0 aromatic heterocycles. The number of nitro benzene ring substituents is 1. The van der Waals surface area contributed by atoms with E-state index in [9.17, 15) is 14.9 Å². The Morgan fingerprint density at radius 1 is 1.40 bits per heavy atom. The van der Waals surface area contributed by atoms with Crippen molar-refractivity contribution in [2.75, 3.05) is 20.2 Å². The van der Waals surface area contributed by atoms with E-state index in [1.54, 1.807) is 0 Å². The third kappa shape index (κ3) is 4.51. The summed E-state index contributed by atoms with van der Waals surface area (Å²) >= 11 is 0. The van der Waals surface area contributed by atoms with E-state index in [-0.39, 0.29) is 22.9 Å². The number of nitro groups is 1. The van der Waals surface area contributed by atoms with Crippen molar-refractivity contribution in [3.8, 4) is 5.75 Å². The maximum absolute atomic E-state index is 11.9. The van der Waals surface area contributed by atoms with Gasteiger partial charge in [0.25, 0.3) is 5.91 Å². The number of carbonyl (C=O) groups is 1. The molecule has 0 spiro atoms. The number of nitrogens with one attached hydrogen (secondary N) is 1. The monoisotopic (exact) mass is 281 g/mol. The van der Waals surface area contributed by atoms with Crippen molar-refractivity contribution < 1.29 is 14.5 Å². The van der Waals surface area contributed by atoms with E-state index in [4.69, 9.17) is 10.5 Å². The molecule has 0 saturated carbocycles. The average Bonchev–Trinajstić information content (AvgIpc) is 2.46. The second kappa shape index (κ2) is 8.11. The van der Waals surface area contributed by atoms with Crippen LogP contribution in [0.4, 0.5) is 5.69 Å². The van der Waals surface area contributed by atoms with Gasteiger partial charge in [0.15, 0.2) is 5.75 Å². The summed E-state index contributed by atoms with van der Waals surface area (Å²) in [5, 5.41) is 13.6. The first kappa shape index (κ1) is 15.9. The summed E-state index contributed by atoms with van der Waals surface area (Å²) in [4.78, 5) is 22.1. The molecule has 1 amide bonds. The minimum Gasteiger partial charge on any atom is -0.490 e. The maximum Gasteiger partial charge on any atom is 0.311 e. The van der Waals surface area contributed by atoms with Crippen LogP contribution in [-0.2, 0) is 0 Å². The van der Waals surface area contributed by atoms with Crippen LogP contribution in [0.2, 0.25) is 0 Å². The highest BCUT2D eigenvalue weighted by Crippen LogP contribution is 2.27. The number of hydrogen-bond acceptors (Lipinski definition) is 5. The van der Waals surface area contributed by atoms with E-state index in [2.05, 4.69) is 5.32 Å². The van der Waals surface area contributed by atoms with Crippen LogP contribution in [0.1, 0.15) is 29.6 Å². The Hall–Kier alpha value is -2.15. The minimum atomic E-state index is -0.573. The molecule has 0 atom stereocenters. The number of carbonyl (C=O) groups excluding carboxylic acids is 1. The summed E-state index contributed by atoms with van der Waals surface area (Å²) in [5.41, 5.74) is 5.40. The fraction of sp³-hybridized carbons (Fsp3) is 0.462. The van der Waals surface area contributed by atoms with Gasteiger partial charge in [-0.15, -0.1) is 0 Å². The quantitative estimate of drug-likeness (QED) is 0.426. The molecule has 0 bridgehead atoms. The molecule has 1 rings (SSSR count). The lowest BCUT2D eigenvalue weighted by Gasteiger charge is -2.06. The number of hydrogen-bond donors (Lipinski definition) is 2. The Morgan fingerprint density at radius 3 is 2.75 bits per heavy atom. The first-order valence-electron chi connectivity index (χ1n) is 6.41. The third-order valence-corrected chi connectivity index (χ3v) is 2.80. The van der Waals surface area contributed by atoms with Gasteiger partial charge < -0.3 is 15.8 Å². The first-order valence-corrected chi connectivity index (χ1v) is 6.41. The summed E-state index contributed by atoms with van der Waals surface area (Å²) in [6, 6.07) is 4.14. The Kier molecular flexibility index (Phi) is 6.45. The summed E-state index contributed by atoms with van der Waals surface area (Å²) in [6.07, 6.45) is 2.70. The molecule has 7 heteroatoms. The molecule has 20 heavy (non-hydrogen) atoms. The number of benzene rings is 1. The molecule has 0 aliphatic rings. The Balaban J connectivity index is 2.64. The molecule has 1 aromatic rings. The van der Waals surface area contributed by atoms with Gasteiger partial charge in [0.2, 0.25) is 0 Å². The summed E-state index contributed by atoms with van der Waals surface area (Å²) in [6.45, 7) is 1.16. The summed E-state index contributed by atoms with van der Waals surface area (Å²) < 4.78 is 4.88. The Bertz CT molecular complexity index is 477. The van der Waals surface area contributed by atoms with E-state index < -0.39 is 4.92 Å². The molecule has 1 aromatic carbocycles. The van der Waals surface area contributed by atoms with Crippen LogP contribution in [0.5, 0.6) is 5.75 Å². The van der Waals surface area contributed by atoms with Crippen LogP contribution in [0.25, 0.3) is 0 Å². The van der Waals surface area contributed by atoms with Gasteiger partial charge in [0.1, 0.15) is 0 Å². The zero-order valence-electron chi connectivity index (χ0n) is 11.4. The van der Waals surface area contributed by atoms with Gasteiger partial charge in [-0.05, 0) is 31.5 Å². The van der Waals surface area contributed by atoms with E-state index in [1.165, 1.54) is 25.3 Å². The molecule has 0 aliphatic heterocycles. The van der Waals surface area contributed by atoms with Gasteiger partial charge in [0, 0.05) is 18.2 Å². The highest BCUT2D eigenvalue weighted by atomic mass is 16.6. The fourth-order valence-corrected chi connectivity index (χ4v) is 1.72. The number of methoxy groups -OCH3 is 1. The van der Waals surface area contributed by atoms with E-state index in [0.29, 0.717) is 13.1 Å². The van der Waals surface area contributed by atoms with Gasteiger partial charge in [-0.2, -0.15) is 0 Å². The van der Waals surface area contributed by atoms with Gasteiger partial charge in [-0.3, -0.25) is 14.9 Å². The second-order valence-corrected chi connectivity index (χ2v) is 4.25. The smallest absolute Gasteiger partial charge is 0.311 e. The maximum atomic E-state index is 11.9. The number of ether oxygens (including phenoxy) is 1. The van der Waals surface area contributed by atoms with Gasteiger partial charge in [-0.25, -0.2) is 0 Å².